The molecule has 1 fully saturated rings. The largest absolute Gasteiger partial charge is 0.369 e. The van der Waals surface area contributed by atoms with Crippen LogP contribution in [0.15, 0.2) is 0 Å². The molecular weight excluding hydrogens is 220 g/mol. The molecule has 4 N–H and O–H groups in total. The van der Waals surface area contributed by atoms with Crippen LogP contribution < -0.4 is 11.5 Å². The molecule has 0 aromatic carbocycles. The summed E-state index contributed by atoms with van der Waals surface area (Å²) in [7, 11) is 0. The zero-order valence-corrected chi connectivity index (χ0v) is 10.2. The highest BCUT2D eigenvalue weighted by molar-refractivity contribution is 5.76. The molecule has 0 aliphatic carbocycles. The van der Waals surface area contributed by atoms with E-state index in [9.17, 15) is 9.59 Å². The minimum absolute atomic E-state index is 0.163. The van der Waals surface area contributed by atoms with Gasteiger partial charge in [0.2, 0.25) is 11.8 Å². The molecule has 2 amide bonds. The first-order valence-electron chi connectivity index (χ1n) is 6.12. The van der Waals surface area contributed by atoms with Gasteiger partial charge in [0.25, 0.3) is 0 Å². The van der Waals surface area contributed by atoms with Crippen LogP contribution >= 0.6 is 0 Å². The van der Waals surface area contributed by atoms with Crippen molar-refractivity contribution in [1.29, 1.82) is 0 Å². The molecule has 0 aromatic heterocycles. The van der Waals surface area contributed by atoms with Crippen LogP contribution in [0, 0.1) is 0 Å². The van der Waals surface area contributed by atoms with E-state index in [0.717, 1.165) is 32.5 Å². The van der Waals surface area contributed by atoms with Gasteiger partial charge in [0.1, 0.15) is 0 Å². The molecule has 17 heavy (non-hydrogen) atoms. The summed E-state index contributed by atoms with van der Waals surface area (Å²) >= 11 is 0. The van der Waals surface area contributed by atoms with Crippen LogP contribution in [0.2, 0.25) is 0 Å². The molecule has 0 spiro atoms. The number of primary amides is 1. The summed E-state index contributed by atoms with van der Waals surface area (Å²) in [4.78, 5) is 26.5. The predicted molar refractivity (Wildman–Crippen MR) is 65.1 cm³/mol. The van der Waals surface area contributed by atoms with Crippen LogP contribution in [0.25, 0.3) is 0 Å². The van der Waals surface area contributed by atoms with E-state index in [0.29, 0.717) is 19.5 Å². The van der Waals surface area contributed by atoms with Crippen molar-refractivity contribution in [3.8, 4) is 0 Å². The molecule has 1 saturated heterocycles. The van der Waals surface area contributed by atoms with Gasteiger partial charge in [-0.3, -0.25) is 14.5 Å². The second kappa shape index (κ2) is 7.24. The fourth-order valence-electron chi connectivity index (χ4n) is 2.01. The maximum atomic E-state index is 11.8. The van der Waals surface area contributed by atoms with Gasteiger partial charge < -0.3 is 16.4 Å². The molecule has 6 nitrogen and oxygen atoms in total. The summed E-state index contributed by atoms with van der Waals surface area (Å²) in [6, 6.07) is 0. The van der Waals surface area contributed by atoms with E-state index in [1.807, 2.05) is 9.80 Å². The quantitative estimate of drug-likeness (QED) is 0.629. The number of rotatable bonds is 5. The highest BCUT2D eigenvalue weighted by atomic mass is 16.2. The Kier molecular flexibility index (Phi) is 5.93. The molecule has 1 aliphatic heterocycles. The van der Waals surface area contributed by atoms with Crippen LogP contribution in [0.3, 0.4) is 0 Å². The van der Waals surface area contributed by atoms with E-state index in [2.05, 4.69) is 0 Å². The van der Waals surface area contributed by atoms with E-state index in [-0.39, 0.29) is 18.4 Å². The zero-order chi connectivity index (χ0) is 12.7. The van der Waals surface area contributed by atoms with Gasteiger partial charge in [-0.2, -0.15) is 0 Å². The molecular formula is C11H22N4O2. The summed E-state index contributed by atoms with van der Waals surface area (Å²) in [5, 5.41) is 0. The van der Waals surface area contributed by atoms with Crippen molar-refractivity contribution in [3.63, 3.8) is 0 Å². The zero-order valence-electron chi connectivity index (χ0n) is 10.2. The molecule has 0 unspecified atom stereocenters. The normalized spacial score (nSPS) is 17.8. The Morgan fingerprint density at radius 1 is 1.12 bits per heavy atom. The first-order chi connectivity index (χ1) is 8.13. The molecule has 6 heteroatoms. The summed E-state index contributed by atoms with van der Waals surface area (Å²) < 4.78 is 0. The molecule has 0 bridgehead atoms. The molecule has 0 atom stereocenters. The van der Waals surface area contributed by atoms with Crippen LogP contribution in [0.1, 0.15) is 19.3 Å². The molecule has 1 heterocycles. The van der Waals surface area contributed by atoms with Gasteiger partial charge >= 0.3 is 0 Å². The van der Waals surface area contributed by atoms with Crippen molar-refractivity contribution >= 4 is 11.8 Å². The lowest BCUT2D eigenvalue weighted by Gasteiger charge is -2.21. The SMILES string of the molecule is NCCCC(=O)N1CCCN(CC(N)=O)CC1. The first kappa shape index (κ1) is 13.9. The minimum atomic E-state index is -0.312. The van der Waals surface area contributed by atoms with E-state index < -0.39 is 0 Å². The third kappa shape index (κ3) is 5.14. The van der Waals surface area contributed by atoms with Gasteiger partial charge in [-0.1, -0.05) is 0 Å². The molecule has 1 aliphatic rings. The fourth-order valence-corrected chi connectivity index (χ4v) is 2.01. The van der Waals surface area contributed by atoms with Crippen LogP contribution in [0.4, 0.5) is 0 Å². The van der Waals surface area contributed by atoms with Crippen molar-refractivity contribution in [2.75, 3.05) is 39.3 Å². The second-order valence-electron chi connectivity index (χ2n) is 4.37. The Hall–Kier alpha value is -1.14. The van der Waals surface area contributed by atoms with E-state index in [4.69, 9.17) is 11.5 Å². The van der Waals surface area contributed by atoms with E-state index >= 15 is 0 Å². The lowest BCUT2D eigenvalue weighted by atomic mass is 10.2. The summed E-state index contributed by atoms with van der Waals surface area (Å²) in [6.07, 6.45) is 2.15. The van der Waals surface area contributed by atoms with Crippen LogP contribution in [0.5, 0.6) is 0 Å². The highest BCUT2D eigenvalue weighted by Gasteiger charge is 2.19. The van der Waals surface area contributed by atoms with Crippen molar-refractivity contribution < 1.29 is 9.59 Å². The number of hydrogen-bond donors (Lipinski definition) is 2. The lowest BCUT2D eigenvalue weighted by molar-refractivity contribution is -0.131. The Morgan fingerprint density at radius 3 is 2.53 bits per heavy atom. The first-order valence-corrected chi connectivity index (χ1v) is 6.12. The van der Waals surface area contributed by atoms with Crippen molar-refractivity contribution in [2.45, 2.75) is 19.3 Å². The monoisotopic (exact) mass is 242 g/mol. The summed E-state index contributed by atoms with van der Waals surface area (Å²) in [6.45, 7) is 3.81. The molecule has 1 rings (SSSR count). The van der Waals surface area contributed by atoms with E-state index in [1.54, 1.807) is 0 Å². The third-order valence-corrected chi connectivity index (χ3v) is 2.92. The smallest absolute Gasteiger partial charge is 0.231 e. The van der Waals surface area contributed by atoms with Gasteiger partial charge in [0, 0.05) is 32.6 Å². The van der Waals surface area contributed by atoms with Gasteiger partial charge in [0.15, 0.2) is 0 Å². The molecule has 98 valence electrons. The standard InChI is InChI=1S/C11H22N4O2/c12-4-1-3-11(17)15-6-2-5-14(7-8-15)9-10(13)16/h1-9,12H2,(H2,13,16). The predicted octanol–water partition coefficient (Wildman–Crippen LogP) is -1.26. The topological polar surface area (TPSA) is 92.7 Å². The van der Waals surface area contributed by atoms with Gasteiger partial charge in [-0.05, 0) is 19.4 Å². The minimum Gasteiger partial charge on any atom is -0.369 e. The number of carbonyl (C=O) groups excluding carboxylic acids is 2. The number of amides is 2. The maximum absolute atomic E-state index is 11.8. The van der Waals surface area contributed by atoms with Crippen molar-refractivity contribution in [2.24, 2.45) is 11.5 Å². The Balaban J connectivity index is 2.36. The number of hydrogen-bond acceptors (Lipinski definition) is 4. The molecule has 0 aromatic rings. The summed E-state index contributed by atoms with van der Waals surface area (Å²) in [5.41, 5.74) is 10.5. The molecule has 0 saturated carbocycles. The van der Waals surface area contributed by atoms with Crippen molar-refractivity contribution in [3.05, 3.63) is 0 Å². The van der Waals surface area contributed by atoms with E-state index in [1.165, 1.54) is 0 Å². The Labute approximate surface area is 102 Å². The molecule has 0 radical (unpaired) electrons. The van der Waals surface area contributed by atoms with Gasteiger partial charge in [0.05, 0.1) is 6.54 Å². The Bertz CT molecular complexity index is 270. The van der Waals surface area contributed by atoms with Crippen molar-refractivity contribution in [1.82, 2.24) is 9.80 Å². The number of nitrogens with zero attached hydrogens (tertiary/aromatic N) is 2. The van der Waals surface area contributed by atoms with Gasteiger partial charge in [-0.25, -0.2) is 0 Å². The second-order valence-corrected chi connectivity index (χ2v) is 4.37. The average Bonchev–Trinajstić information content (AvgIpc) is 2.51. The van der Waals surface area contributed by atoms with Gasteiger partial charge in [-0.15, -0.1) is 0 Å². The van der Waals surface area contributed by atoms with Crippen LogP contribution in [-0.2, 0) is 9.59 Å². The Morgan fingerprint density at radius 2 is 1.88 bits per heavy atom. The number of nitrogens with two attached hydrogens (primary N) is 2. The third-order valence-electron chi connectivity index (χ3n) is 2.92. The van der Waals surface area contributed by atoms with Crippen LogP contribution in [-0.4, -0.2) is 60.9 Å². The summed E-state index contributed by atoms with van der Waals surface area (Å²) in [5.74, 6) is -0.149. The lowest BCUT2D eigenvalue weighted by Crippen LogP contribution is -2.38. The highest BCUT2D eigenvalue weighted by Crippen LogP contribution is 2.05. The maximum Gasteiger partial charge on any atom is 0.231 e. The fraction of sp³-hybridized carbons (Fsp3) is 0.818. The average molecular weight is 242 g/mol. The number of carbonyl (C=O) groups is 2.